The zero-order chi connectivity index (χ0) is 12.6. The number of aryl methyl sites for hydroxylation is 1. The van der Waals surface area contributed by atoms with Crippen LogP contribution >= 0.6 is 15.9 Å². The summed E-state index contributed by atoms with van der Waals surface area (Å²) in [5.74, 6) is 0.0828. The van der Waals surface area contributed by atoms with Crippen molar-refractivity contribution >= 4 is 32.5 Å². The molecule has 0 bridgehead atoms. The number of ketones is 1. The molecule has 2 aromatic rings. The summed E-state index contributed by atoms with van der Waals surface area (Å²) in [7, 11) is 1.71. The summed E-state index contributed by atoms with van der Waals surface area (Å²) in [6.45, 7) is 1.82. The van der Waals surface area contributed by atoms with Crippen LogP contribution in [0, 0.1) is 0 Å². The van der Waals surface area contributed by atoms with Gasteiger partial charge in [-0.2, -0.15) is 0 Å². The number of rotatable bonds is 2. The number of hydrogen-bond donors (Lipinski definition) is 0. The predicted octanol–water partition coefficient (Wildman–Crippen LogP) is 2.89. The molecule has 0 amide bonds. The van der Waals surface area contributed by atoms with Crippen LogP contribution in [0.3, 0.4) is 0 Å². The number of Topliss-reactive ketones (excluding diaryl/α,β-unsaturated/α-hetero) is 1. The Morgan fingerprint density at radius 3 is 2.71 bits per heavy atom. The SMILES string of the molecule is CCC(=O)c1ccc2c(=O)n(C)cc(Br)c2c1. The first-order chi connectivity index (χ1) is 8.04. The van der Waals surface area contributed by atoms with Crippen LogP contribution in [0.1, 0.15) is 23.7 Å². The summed E-state index contributed by atoms with van der Waals surface area (Å²) in [6.07, 6.45) is 2.18. The highest BCUT2D eigenvalue weighted by atomic mass is 79.9. The Hall–Kier alpha value is -1.42. The van der Waals surface area contributed by atoms with Gasteiger partial charge in [0.25, 0.3) is 5.56 Å². The average Bonchev–Trinajstić information content (AvgIpc) is 2.34. The van der Waals surface area contributed by atoms with Crippen molar-refractivity contribution in [1.29, 1.82) is 0 Å². The van der Waals surface area contributed by atoms with E-state index in [1.165, 1.54) is 4.57 Å². The molecule has 0 radical (unpaired) electrons. The Morgan fingerprint density at radius 1 is 1.35 bits per heavy atom. The number of aromatic nitrogens is 1. The van der Waals surface area contributed by atoms with E-state index in [9.17, 15) is 9.59 Å². The van der Waals surface area contributed by atoms with Crippen LogP contribution in [0.4, 0.5) is 0 Å². The first kappa shape index (κ1) is 12.0. The van der Waals surface area contributed by atoms with Crippen molar-refractivity contribution in [2.45, 2.75) is 13.3 Å². The topological polar surface area (TPSA) is 39.1 Å². The van der Waals surface area contributed by atoms with Gasteiger partial charge in [-0.25, -0.2) is 0 Å². The summed E-state index contributed by atoms with van der Waals surface area (Å²) in [5, 5.41) is 1.40. The van der Waals surface area contributed by atoms with E-state index < -0.39 is 0 Å². The summed E-state index contributed by atoms with van der Waals surface area (Å²) in [6, 6.07) is 5.19. The van der Waals surface area contributed by atoms with Crippen molar-refractivity contribution in [2.24, 2.45) is 7.05 Å². The Kier molecular flexibility index (Phi) is 3.15. The number of halogens is 1. The molecular weight excluding hydrogens is 282 g/mol. The quantitative estimate of drug-likeness (QED) is 0.799. The van der Waals surface area contributed by atoms with Gasteiger partial charge in [-0.15, -0.1) is 0 Å². The molecular formula is C13H12BrNO2. The Bertz CT molecular complexity index is 658. The molecule has 0 saturated heterocycles. The second-order valence-electron chi connectivity index (χ2n) is 3.93. The smallest absolute Gasteiger partial charge is 0.258 e. The van der Waals surface area contributed by atoms with E-state index in [4.69, 9.17) is 0 Å². The van der Waals surface area contributed by atoms with Crippen molar-refractivity contribution in [3.8, 4) is 0 Å². The molecule has 88 valence electrons. The molecule has 2 rings (SSSR count). The van der Waals surface area contributed by atoms with Crippen LogP contribution in [0.5, 0.6) is 0 Å². The summed E-state index contributed by atoms with van der Waals surface area (Å²) in [4.78, 5) is 23.5. The van der Waals surface area contributed by atoms with E-state index in [1.807, 2.05) is 6.92 Å². The predicted molar refractivity (Wildman–Crippen MR) is 71.5 cm³/mol. The van der Waals surface area contributed by atoms with Gasteiger partial charge >= 0.3 is 0 Å². The normalized spacial score (nSPS) is 10.8. The van der Waals surface area contributed by atoms with Gasteiger partial charge in [-0.1, -0.05) is 13.0 Å². The van der Waals surface area contributed by atoms with Crippen LogP contribution in [0.25, 0.3) is 10.8 Å². The average molecular weight is 294 g/mol. The highest BCUT2D eigenvalue weighted by Gasteiger charge is 2.09. The van der Waals surface area contributed by atoms with Crippen LogP contribution in [-0.4, -0.2) is 10.4 Å². The number of pyridine rings is 1. The van der Waals surface area contributed by atoms with Crippen molar-refractivity contribution in [3.05, 3.63) is 44.8 Å². The van der Waals surface area contributed by atoms with Crippen molar-refractivity contribution in [1.82, 2.24) is 4.57 Å². The second kappa shape index (κ2) is 4.45. The zero-order valence-electron chi connectivity index (χ0n) is 9.66. The van der Waals surface area contributed by atoms with Gasteiger partial charge in [-0.05, 0) is 28.1 Å². The molecule has 0 aliphatic carbocycles. The molecule has 1 aromatic carbocycles. The second-order valence-corrected chi connectivity index (χ2v) is 4.78. The van der Waals surface area contributed by atoms with E-state index in [2.05, 4.69) is 15.9 Å². The summed E-state index contributed by atoms with van der Waals surface area (Å²) < 4.78 is 2.34. The lowest BCUT2D eigenvalue weighted by atomic mass is 10.0. The summed E-state index contributed by atoms with van der Waals surface area (Å²) >= 11 is 3.42. The van der Waals surface area contributed by atoms with Crippen LogP contribution in [0.15, 0.2) is 33.7 Å². The number of benzene rings is 1. The van der Waals surface area contributed by atoms with Crippen molar-refractivity contribution in [2.75, 3.05) is 0 Å². The molecule has 0 saturated carbocycles. The minimum Gasteiger partial charge on any atom is -0.317 e. The third-order valence-corrected chi connectivity index (χ3v) is 3.41. The number of carbonyl (C=O) groups excluding carboxylic acids is 1. The van der Waals surface area contributed by atoms with Gasteiger partial charge in [0.1, 0.15) is 0 Å². The Labute approximate surface area is 107 Å². The maximum atomic E-state index is 11.9. The molecule has 1 heterocycles. The molecule has 0 N–H and O–H groups in total. The molecule has 3 nitrogen and oxygen atoms in total. The molecule has 17 heavy (non-hydrogen) atoms. The molecule has 1 aromatic heterocycles. The molecule has 0 unspecified atom stereocenters. The van der Waals surface area contributed by atoms with Gasteiger partial charge in [0.15, 0.2) is 5.78 Å². The Morgan fingerprint density at radius 2 is 2.06 bits per heavy atom. The first-order valence-corrected chi connectivity index (χ1v) is 6.16. The molecule has 0 spiro atoms. The fraction of sp³-hybridized carbons (Fsp3) is 0.231. The van der Waals surface area contributed by atoms with E-state index >= 15 is 0 Å². The zero-order valence-corrected chi connectivity index (χ0v) is 11.2. The van der Waals surface area contributed by atoms with Gasteiger partial charge in [-0.3, -0.25) is 9.59 Å². The van der Waals surface area contributed by atoms with Gasteiger partial charge < -0.3 is 4.57 Å². The highest BCUT2D eigenvalue weighted by Crippen LogP contribution is 2.22. The van der Waals surface area contributed by atoms with Crippen LogP contribution in [-0.2, 0) is 7.05 Å². The lowest BCUT2D eigenvalue weighted by Gasteiger charge is -2.06. The molecule has 0 aliphatic heterocycles. The Balaban J connectivity index is 2.79. The van der Waals surface area contributed by atoms with Gasteiger partial charge in [0.05, 0.1) is 0 Å². The minimum atomic E-state index is -0.0568. The lowest BCUT2D eigenvalue weighted by molar-refractivity contribution is 0.0988. The molecule has 0 aliphatic rings. The van der Waals surface area contributed by atoms with Gasteiger partial charge in [0, 0.05) is 40.5 Å². The van der Waals surface area contributed by atoms with Gasteiger partial charge in [0.2, 0.25) is 0 Å². The van der Waals surface area contributed by atoms with Crippen LogP contribution in [0.2, 0.25) is 0 Å². The van der Waals surface area contributed by atoms with E-state index in [-0.39, 0.29) is 11.3 Å². The van der Waals surface area contributed by atoms with Crippen molar-refractivity contribution in [3.63, 3.8) is 0 Å². The fourth-order valence-corrected chi connectivity index (χ4v) is 2.43. The van der Waals surface area contributed by atoms with Crippen LogP contribution < -0.4 is 5.56 Å². The summed E-state index contributed by atoms with van der Waals surface area (Å²) in [5.41, 5.74) is 0.590. The number of hydrogen-bond acceptors (Lipinski definition) is 2. The largest absolute Gasteiger partial charge is 0.317 e. The highest BCUT2D eigenvalue weighted by molar-refractivity contribution is 9.10. The monoisotopic (exact) mass is 293 g/mol. The minimum absolute atomic E-state index is 0.0568. The lowest BCUT2D eigenvalue weighted by Crippen LogP contribution is -2.16. The number of nitrogens with zero attached hydrogens (tertiary/aromatic N) is 1. The van der Waals surface area contributed by atoms with Crippen molar-refractivity contribution < 1.29 is 4.79 Å². The molecule has 4 heteroatoms. The van der Waals surface area contributed by atoms with E-state index in [0.717, 1.165) is 9.86 Å². The fourth-order valence-electron chi connectivity index (χ4n) is 1.79. The number of carbonyl (C=O) groups is 1. The maximum absolute atomic E-state index is 11.9. The maximum Gasteiger partial charge on any atom is 0.258 e. The third kappa shape index (κ3) is 2.05. The third-order valence-electron chi connectivity index (χ3n) is 2.78. The van der Waals surface area contributed by atoms with E-state index in [0.29, 0.717) is 17.4 Å². The first-order valence-electron chi connectivity index (χ1n) is 5.36. The molecule has 0 atom stereocenters. The molecule has 0 fully saturated rings. The standard InChI is InChI=1S/C13H12BrNO2/c1-3-12(16)8-4-5-9-10(6-8)11(14)7-15(2)13(9)17/h4-7H,3H2,1-2H3. The number of fused-ring (bicyclic) bond motifs is 1. The van der Waals surface area contributed by atoms with E-state index in [1.54, 1.807) is 31.4 Å².